The number of nitrogens with two attached hydrogens (primary N) is 1. The van der Waals surface area contributed by atoms with Crippen LogP contribution >= 0.6 is 11.9 Å². The number of fused-ring (bicyclic) bond motifs is 2. The van der Waals surface area contributed by atoms with Gasteiger partial charge in [0.15, 0.2) is 0 Å². The Bertz CT molecular complexity index is 1260. The second-order valence-corrected chi connectivity index (χ2v) is 9.58. The highest BCUT2D eigenvalue weighted by Crippen LogP contribution is 2.42. The van der Waals surface area contributed by atoms with E-state index in [0.717, 1.165) is 59.2 Å². The van der Waals surface area contributed by atoms with Crippen molar-refractivity contribution >= 4 is 40.9 Å². The predicted molar refractivity (Wildman–Crippen MR) is 136 cm³/mol. The first kappa shape index (κ1) is 21.6. The van der Waals surface area contributed by atoms with E-state index in [1.165, 1.54) is 42.1 Å². The third kappa shape index (κ3) is 4.61. The summed E-state index contributed by atoms with van der Waals surface area (Å²) in [5, 5.41) is 4.20. The number of benzene rings is 1. The van der Waals surface area contributed by atoms with Crippen LogP contribution in [0.2, 0.25) is 0 Å². The van der Waals surface area contributed by atoms with E-state index in [1.807, 2.05) is 18.3 Å². The van der Waals surface area contributed by atoms with Crippen molar-refractivity contribution in [2.75, 3.05) is 11.9 Å². The van der Waals surface area contributed by atoms with Crippen LogP contribution in [0.1, 0.15) is 36.0 Å². The average Bonchev–Trinajstić information content (AvgIpc) is 3.29. The van der Waals surface area contributed by atoms with Crippen molar-refractivity contribution in [3.8, 4) is 11.1 Å². The molecular weight excluding hydrogens is 432 g/mol. The van der Waals surface area contributed by atoms with Crippen LogP contribution < -0.4 is 15.8 Å². The maximum atomic E-state index is 13.0. The van der Waals surface area contributed by atoms with Gasteiger partial charge in [-0.1, -0.05) is 6.07 Å². The molecule has 2 aromatic heterocycles. The van der Waals surface area contributed by atoms with Gasteiger partial charge in [0.25, 0.3) is 0 Å². The fraction of sp³-hybridized carbons (Fsp3) is 0.320. The Morgan fingerprint density at radius 1 is 1.36 bits per heavy atom. The lowest BCUT2D eigenvalue weighted by Gasteiger charge is -2.19. The van der Waals surface area contributed by atoms with Crippen molar-refractivity contribution in [1.82, 2.24) is 14.7 Å². The molecule has 0 saturated heterocycles. The molecule has 2 heterocycles. The molecule has 0 aliphatic heterocycles. The number of hydrogen-bond donors (Lipinski definition) is 4. The Kier molecular flexibility index (Phi) is 6.09. The normalized spacial score (nSPS) is 15.8. The summed E-state index contributed by atoms with van der Waals surface area (Å²) in [6.07, 6.45) is 12.5. The van der Waals surface area contributed by atoms with Crippen LogP contribution in [0.5, 0.6) is 0 Å². The Morgan fingerprint density at radius 2 is 2.24 bits per heavy atom. The molecule has 2 aliphatic carbocycles. The Labute approximate surface area is 197 Å². The van der Waals surface area contributed by atoms with Gasteiger partial charge < -0.3 is 16.0 Å². The van der Waals surface area contributed by atoms with Crippen molar-refractivity contribution in [1.29, 1.82) is 0 Å². The number of carbonyl (C=O) groups is 1. The smallest absolute Gasteiger partial charge is 0.329 e. The molecule has 5 N–H and O–H groups in total. The largest absolute Gasteiger partial charge is 0.404 e. The molecule has 2 amide bonds. The fourth-order valence-corrected chi connectivity index (χ4v) is 4.95. The van der Waals surface area contributed by atoms with Crippen molar-refractivity contribution in [2.24, 2.45) is 16.6 Å². The van der Waals surface area contributed by atoms with Gasteiger partial charge in [-0.05, 0) is 91.3 Å². The molecule has 2 aliphatic rings. The van der Waals surface area contributed by atoms with Crippen LogP contribution in [0.4, 0.5) is 10.5 Å². The van der Waals surface area contributed by atoms with Gasteiger partial charge in [0.1, 0.15) is 5.65 Å². The van der Waals surface area contributed by atoms with Crippen molar-refractivity contribution in [2.45, 2.75) is 39.0 Å². The van der Waals surface area contributed by atoms with E-state index < -0.39 is 0 Å². The van der Waals surface area contributed by atoms with Gasteiger partial charge in [0.05, 0.1) is 10.6 Å². The number of rotatable bonds is 7. The summed E-state index contributed by atoms with van der Waals surface area (Å²) in [7, 11) is 0. The number of anilines is 1. The number of aryl methyl sites for hydroxylation is 2. The molecule has 0 radical (unpaired) electrons. The number of aromatic nitrogens is 2. The predicted octanol–water partition coefficient (Wildman–Crippen LogP) is 5.08. The zero-order chi connectivity index (χ0) is 22.8. The summed E-state index contributed by atoms with van der Waals surface area (Å²) in [6.45, 7) is 2.93. The maximum absolute atomic E-state index is 13.0. The standard InChI is InChI=1S/C25H28N6OS/c1-15-11-17-3-2-4-19(17)23(22(15)20-7-9-28-24-21(20)8-10-29-24)30-25(32)31-33-18(12-26)14-27-13-16-5-6-16/h7-12,14,16H,2-6,13,26H2,1H3,(H,28,29)(H2,30,31,32)/b18-12+,27-14?. The van der Waals surface area contributed by atoms with Gasteiger partial charge in [0.2, 0.25) is 0 Å². The van der Waals surface area contributed by atoms with Gasteiger partial charge >= 0.3 is 6.03 Å². The number of allylic oxidation sites excluding steroid dienone is 1. The number of amides is 2. The van der Waals surface area contributed by atoms with E-state index in [0.29, 0.717) is 10.8 Å². The minimum absolute atomic E-state index is 0.282. The summed E-state index contributed by atoms with van der Waals surface area (Å²) < 4.78 is 2.87. The average molecular weight is 461 g/mol. The second kappa shape index (κ2) is 9.31. The number of aliphatic imine (C=N–C) groups is 1. The summed E-state index contributed by atoms with van der Waals surface area (Å²) in [5.41, 5.74) is 13.2. The molecule has 3 aromatic rings. The van der Waals surface area contributed by atoms with E-state index in [2.05, 4.69) is 38.0 Å². The summed E-state index contributed by atoms with van der Waals surface area (Å²) in [6, 6.07) is 6.03. The number of carbonyl (C=O) groups excluding carboxylic acids is 1. The molecule has 170 valence electrons. The highest BCUT2D eigenvalue weighted by atomic mass is 32.2. The van der Waals surface area contributed by atoms with Gasteiger partial charge in [-0.15, -0.1) is 0 Å². The van der Waals surface area contributed by atoms with E-state index in [-0.39, 0.29) is 6.03 Å². The van der Waals surface area contributed by atoms with E-state index in [4.69, 9.17) is 5.73 Å². The van der Waals surface area contributed by atoms with Gasteiger partial charge in [0, 0.05) is 42.3 Å². The molecule has 1 saturated carbocycles. The number of aromatic amines is 1. The molecule has 1 fully saturated rings. The molecule has 1 aromatic carbocycles. The lowest BCUT2D eigenvalue weighted by molar-refractivity contribution is 0.257. The van der Waals surface area contributed by atoms with E-state index in [9.17, 15) is 4.79 Å². The van der Waals surface area contributed by atoms with Crippen LogP contribution in [-0.2, 0) is 12.8 Å². The zero-order valence-corrected chi connectivity index (χ0v) is 19.5. The van der Waals surface area contributed by atoms with E-state index >= 15 is 0 Å². The monoisotopic (exact) mass is 460 g/mol. The number of nitrogens with zero attached hydrogens (tertiary/aromatic N) is 2. The zero-order valence-electron chi connectivity index (χ0n) is 18.6. The molecule has 0 atom stereocenters. The Balaban J connectivity index is 1.41. The minimum atomic E-state index is -0.282. The SMILES string of the molecule is Cc1cc2c(c(NC(=O)NS/C(C=NCC3CC3)=C/N)c1-c1ccnc3[nH]ccc13)CCC2. The molecular formula is C25H28N6OS. The van der Waals surface area contributed by atoms with Crippen molar-refractivity contribution < 1.29 is 4.79 Å². The Morgan fingerprint density at radius 3 is 3.06 bits per heavy atom. The molecule has 33 heavy (non-hydrogen) atoms. The Hall–Kier alpha value is -3.26. The topological polar surface area (TPSA) is 108 Å². The third-order valence-corrected chi connectivity index (χ3v) is 7.03. The van der Waals surface area contributed by atoms with Crippen LogP contribution in [-0.4, -0.2) is 28.8 Å². The fourth-order valence-electron chi connectivity index (χ4n) is 4.50. The first-order chi connectivity index (χ1) is 16.1. The third-order valence-electron chi connectivity index (χ3n) is 6.27. The number of urea groups is 1. The number of hydrogen-bond acceptors (Lipinski definition) is 5. The summed E-state index contributed by atoms with van der Waals surface area (Å²) in [4.78, 5) is 25.7. The van der Waals surface area contributed by atoms with Gasteiger partial charge in [-0.3, -0.25) is 9.71 Å². The molecule has 0 unspecified atom stereocenters. The molecule has 0 spiro atoms. The van der Waals surface area contributed by atoms with Crippen LogP contribution in [0.15, 0.2) is 46.7 Å². The lowest BCUT2D eigenvalue weighted by Crippen LogP contribution is -2.24. The summed E-state index contributed by atoms with van der Waals surface area (Å²) >= 11 is 1.17. The van der Waals surface area contributed by atoms with Crippen LogP contribution in [0, 0.1) is 12.8 Å². The van der Waals surface area contributed by atoms with Crippen LogP contribution in [0.3, 0.4) is 0 Å². The highest BCUT2D eigenvalue weighted by Gasteiger charge is 2.24. The number of H-pyrrole nitrogens is 1. The maximum Gasteiger partial charge on any atom is 0.329 e. The van der Waals surface area contributed by atoms with Crippen LogP contribution in [0.25, 0.3) is 22.2 Å². The van der Waals surface area contributed by atoms with E-state index in [1.54, 1.807) is 12.4 Å². The van der Waals surface area contributed by atoms with Crippen molar-refractivity contribution in [3.05, 3.63) is 58.4 Å². The first-order valence-electron chi connectivity index (χ1n) is 11.4. The minimum Gasteiger partial charge on any atom is -0.404 e. The quantitative estimate of drug-likeness (QED) is 0.291. The molecule has 7 nitrogen and oxygen atoms in total. The molecule has 5 rings (SSSR count). The highest BCUT2D eigenvalue weighted by molar-refractivity contribution is 8.02. The molecule has 8 heteroatoms. The van der Waals surface area contributed by atoms with Crippen molar-refractivity contribution in [3.63, 3.8) is 0 Å². The van der Waals surface area contributed by atoms with Gasteiger partial charge in [-0.2, -0.15) is 0 Å². The molecule has 0 bridgehead atoms. The number of pyridine rings is 1. The lowest BCUT2D eigenvalue weighted by atomic mass is 9.92. The first-order valence-corrected chi connectivity index (χ1v) is 12.2. The summed E-state index contributed by atoms with van der Waals surface area (Å²) in [5.74, 6) is 0.711. The number of nitrogens with one attached hydrogen (secondary N) is 3. The van der Waals surface area contributed by atoms with Gasteiger partial charge in [-0.25, -0.2) is 9.78 Å². The second-order valence-electron chi connectivity index (χ2n) is 8.70.